The summed E-state index contributed by atoms with van der Waals surface area (Å²) in [7, 11) is 0. The Morgan fingerprint density at radius 1 is 0.941 bits per heavy atom. The Balaban J connectivity index is 1.64. The van der Waals surface area contributed by atoms with Crippen molar-refractivity contribution < 1.29 is 20.4 Å². The van der Waals surface area contributed by atoms with Gasteiger partial charge in [0, 0.05) is 17.3 Å². The quantitative estimate of drug-likeness (QED) is 0.399. The van der Waals surface area contributed by atoms with Crippen LogP contribution in [0.1, 0.15) is 99.8 Å². The lowest BCUT2D eigenvalue weighted by Crippen LogP contribution is -2.70. The highest BCUT2D eigenvalue weighted by Crippen LogP contribution is 2.75. The van der Waals surface area contributed by atoms with Gasteiger partial charge in [0.1, 0.15) is 0 Å². The highest BCUT2D eigenvalue weighted by molar-refractivity contribution is 5.36. The molecule has 0 amide bonds. The van der Waals surface area contributed by atoms with Gasteiger partial charge >= 0.3 is 0 Å². The lowest BCUT2D eigenvalue weighted by Gasteiger charge is -2.72. The molecular formula is C30H50O4. The summed E-state index contributed by atoms with van der Waals surface area (Å²) in [6, 6.07) is 0. The average Bonchev–Trinajstić information content (AvgIpc) is 2.75. The first-order valence-corrected chi connectivity index (χ1v) is 14.0. The van der Waals surface area contributed by atoms with E-state index in [2.05, 4.69) is 47.6 Å². The van der Waals surface area contributed by atoms with Crippen molar-refractivity contribution in [2.75, 3.05) is 6.61 Å². The maximum absolute atomic E-state index is 11.9. The second kappa shape index (κ2) is 7.33. The van der Waals surface area contributed by atoms with Crippen LogP contribution in [0.4, 0.5) is 0 Å². The fourth-order valence-electron chi connectivity index (χ4n) is 11.1. The fraction of sp³-hybridized carbons (Fsp3) is 0.933. The summed E-state index contributed by atoms with van der Waals surface area (Å²) >= 11 is 0. The lowest BCUT2D eigenvalue weighted by atomic mass is 9.32. The van der Waals surface area contributed by atoms with Gasteiger partial charge in [-0.3, -0.25) is 0 Å². The summed E-state index contributed by atoms with van der Waals surface area (Å²) in [6.45, 7) is 15.8. The topological polar surface area (TPSA) is 80.9 Å². The SMILES string of the molecule is C[C@@H]1CC[C@]2(C)CC[C@]3(C)C(=CC[C@@H]4[C@@]5(C)CC[C@H](O)C(C)(CO)C5[C@H](O)C[C@]43C)[C@@H]2[C@]1(C)O. The van der Waals surface area contributed by atoms with Crippen molar-refractivity contribution in [1.82, 2.24) is 0 Å². The number of allylic oxidation sites excluding steroid dienone is 1. The third-order valence-electron chi connectivity index (χ3n) is 13.5. The van der Waals surface area contributed by atoms with E-state index >= 15 is 0 Å². The number of fused-ring (bicyclic) bond motifs is 7. The zero-order valence-corrected chi connectivity index (χ0v) is 22.7. The molecule has 5 aliphatic rings. The largest absolute Gasteiger partial charge is 0.396 e. The molecule has 4 heteroatoms. The van der Waals surface area contributed by atoms with Crippen LogP contribution in [-0.2, 0) is 0 Å². The van der Waals surface area contributed by atoms with Gasteiger partial charge in [-0.05, 0) is 91.8 Å². The van der Waals surface area contributed by atoms with Crippen LogP contribution in [0.3, 0.4) is 0 Å². The minimum Gasteiger partial charge on any atom is -0.396 e. The Bertz CT molecular complexity index is 876. The summed E-state index contributed by atoms with van der Waals surface area (Å²) in [5.74, 6) is 0.718. The maximum Gasteiger partial charge on any atom is 0.0715 e. The number of aliphatic hydroxyl groups excluding tert-OH is 3. The Kier molecular flexibility index (Phi) is 5.44. The number of hydrogen-bond donors (Lipinski definition) is 4. The van der Waals surface area contributed by atoms with Gasteiger partial charge in [0.2, 0.25) is 0 Å². The molecular weight excluding hydrogens is 424 g/mol. The molecule has 0 spiro atoms. The third kappa shape index (κ3) is 2.81. The van der Waals surface area contributed by atoms with E-state index in [-0.39, 0.29) is 46.0 Å². The molecule has 0 aromatic heterocycles. The molecule has 0 aliphatic heterocycles. The van der Waals surface area contributed by atoms with Crippen molar-refractivity contribution in [3.05, 3.63) is 11.6 Å². The van der Waals surface area contributed by atoms with Crippen molar-refractivity contribution >= 4 is 0 Å². The van der Waals surface area contributed by atoms with Gasteiger partial charge in [0.25, 0.3) is 0 Å². The van der Waals surface area contributed by atoms with E-state index in [0.29, 0.717) is 18.8 Å². The lowest BCUT2D eigenvalue weighted by molar-refractivity contribution is -0.255. The van der Waals surface area contributed by atoms with Gasteiger partial charge in [-0.25, -0.2) is 0 Å². The zero-order valence-electron chi connectivity index (χ0n) is 22.7. The van der Waals surface area contributed by atoms with E-state index in [1.54, 1.807) is 0 Å². The average molecular weight is 475 g/mol. The van der Waals surface area contributed by atoms with E-state index in [1.807, 2.05) is 6.92 Å². The minimum absolute atomic E-state index is 0.0677. The van der Waals surface area contributed by atoms with Crippen molar-refractivity contribution in [2.45, 2.75) is 118 Å². The Morgan fingerprint density at radius 3 is 2.26 bits per heavy atom. The molecule has 4 N–H and O–H groups in total. The molecule has 0 aromatic rings. The standard InChI is InChI=1S/C30H50O4/c1-18-10-12-25(2)14-15-28(5)19(23(25)30(18,7)34)8-9-21-26(3)13-11-22(33)27(4,17-31)24(26)20(32)16-29(21,28)6/h8,18,20-24,31-34H,9-17H2,1-7H3/t18-,20-,21-,22+,23+,24?,25-,26-,27?,28-,29-,30-/m1/s1. The van der Waals surface area contributed by atoms with E-state index in [4.69, 9.17) is 0 Å². The van der Waals surface area contributed by atoms with Crippen LogP contribution in [0.15, 0.2) is 11.6 Å². The zero-order chi connectivity index (χ0) is 25.1. The van der Waals surface area contributed by atoms with Crippen molar-refractivity contribution in [3.8, 4) is 0 Å². The molecule has 194 valence electrons. The third-order valence-corrected chi connectivity index (χ3v) is 13.5. The smallest absolute Gasteiger partial charge is 0.0715 e. The molecule has 0 heterocycles. The second-order valence-corrected chi connectivity index (χ2v) is 14.9. The van der Waals surface area contributed by atoms with Crippen molar-refractivity contribution in [1.29, 1.82) is 0 Å². The van der Waals surface area contributed by atoms with Gasteiger partial charge in [0.15, 0.2) is 0 Å². The van der Waals surface area contributed by atoms with E-state index in [0.717, 1.165) is 32.1 Å². The molecule has 2 unspecified atom stereocenters. The van der Waals surface area contributed by atoms with Crippen LogP contribution in [-0.4, -0.2) is 44.8 Å². The second-order valence-electron chi connectivity index (χ2n) is 14.9. The minimum atomic E-state index is -0.714. The van der Waals surface area contributed by atoms with Gasteiger partial charge in [0.05, 0.1) is 24.4 Å². The van der Waals surface area contributed by atoms with Gasteiger partial charge in [-0.2, -0.15) is 0 Å². The molecule has 4 nitrogen and oxygen atoms in total. The van der Waals surface area contributed by atoms with Gasteiger partial charge in [-0.15, -0.1) is 0 Å². The first kappa shape index (κ1) is 25.2. The van der Waals surface area contributed by atoms with E-state index in [9.17, 15) is 20.4 Å². The molecule has 12 atom stereocenters. The van der Waals surface area contributed by atoms with Crippen LogP contribution in [0, 0.1) is 50.7 Å². The summed E-state index contributed by atoms with van der Waals surface area (Å²) in [6.07, 6.45) is 9.14. The summed E-state index contributed by atoms with van der Waals surface area (Å²) in [4.78, 5) is 0. The van der Waals surface area contributed by atoms with Crippen LogP contribution >= 0.6 is 0 Å². The number of hydrogen-bond acceptors (Lipinski definition) is 4. The highest BCUT2D eigenvalue weighted by Gasteiger charge is 2.71. The molecule has 5 aliphatic carbocycles. The molecule has 4 saturated carbocycles. The maximum atomic E-state index is 11.9. The molecule has 0 saturated heterocycles. The molecule has 0 radical (unpaired) electrons. The van der Waals surface area contributed by atoms with E-state index < -0.39 is 23.2 Å². The molecule has 0 bridgehead atoms. The van der Waals surface area contributed by atoms with Crippen molar-refractivity contribution in [2.24, 2.45) is 50.7 Å². The molecule has 0 aromatic carbocycles. The van der Waals surface area contributed by atoms with Crippen LogP contribution in [0.5, 0.6) is 0 Å². The monoisotopic (exact) mass is 474 g/mol. The highest BCUT2D eigenvalue weighted by atomic mass is 16.3. The van der Waals surface area contributed by atoms with Crippen LogP contribution in [0.2, 0.25) is 0 Å². The summed E-state index contributed by atoms with van der Waals surface area (Å²) < 4.78 is 0. The van der Waals surface area contributed by atoms with Crippen LogP contribution < -0.4 is 0 Å². The van der Waals surface area contributed by atoms with Gasteiger partial charge < -0.3 is 20.4 Å². The first-order valence-electron chi connectivity index (χ1n) is 14.0. The van der Waals surface area contributed by atoms with Gasteiger partial charge in [-0.1, -0.05) is 53.2 Å². The molecule has 4 fully saturated rings. The van der Waals surface area contributed by atoms with Crippen molar-refractivity contribution in [3.63, 3.8) is 0 Å². The fourth-order valence-corrected chi connectivity index (χ4v) is 11.1. The first-order chi connectivity index (χ1) is 15.6. The Labute approximate surface area is 207 Å². The number of rotatable bonds is 1. The predicted molar refractivity (Wildman–Crippen MR) is 135 cm³/mol. The Hall–Kier alpha value is -0.420. The molecule has 34 heavy (non-hydrogen) atoms. The molecule has 5 rings (SSSR count). The normalized spacial score (nSPS) is 61.4. The Morgan fingerprint density at radius 2 is 1.62 bits per heavy atom. The predicted octanol–water partition coefficient (Wildman–Crippen LogP) is 5.08. The summed E-state index contributed by atoms with van der Waals surface area (Å²) in [5, 5.41) is 45.1. The van der Waals surface area contributed by atoms with E-state index in [1.165, 1.54) is 12.0 Å². The summed E-state index contributed by atoms with van der Waals surface area (Å²) in [5.41, 5.74) is -0.0848. The number of aliphatic hydroxyl groups is 4. The van der Waals surface area contributed by atoms with Crippen LogP contribution in [0.25, 0.3) is 0 Å².